The zero-order valence-corrected chi connectivity index (χ0v) is 17.1. The van der Waals surface area contributed by atoms with Crippen LogP contribution in [0.2, 0.25) is 0 Å². The van der Waals surface area contributed by atoms with Crippen LogP contribution in [0.5, 0.6) is 0 Å². The number of allylic oxidation sites excluding steroid dienone is 1. The Labute approximate surface area is 167 Å². The molecule has 1 heterocycles. The van der Waals surface area contributed by atoms with Crippen molar-refractivity contribution in [3.8, 4) is 0 Å². The maximum atomic E-state index is 5.27. The number of likely N-dealkylation sites (N-methyl/N-ethyl adjacent to an activating group) is 1. The highest BCUT2D eigenvalue weighted by Crippen LogP contribution is 2.38. The molecule has 140 valence electrons. The number of benzene rings is 2. The summed E-state index contributed by atoms with van der Waals surface area (Å²) in [6.07, 6.45) is 4.12. The summed E-state index contributed by atoms with van der Waals surface area (Å²) in [6.45, 7) is 9.84. The van der Waals surface area contributed by atoms with E-state index in [9.17, 15) is 0 Å². The molecule has 2 aromatic rings. The van der Waals surface area contributed by atoms with Crippen LogP contribution in [0.15, 0.2) is 59.7 Å². The quantitative estimate of drug-likeness (QED) is 0.445. The van der Waals surface area contributed by atoms with E-state index in [0.29, 0.717) is 5.11 Å². The van der Waals surface area contributed by atoms with Gasteiger partial charge in [0.15, 0.2) is 5.11 Å². The van der Waals surface area contributed by atoms with Crippen molar-refractivity contribution in [2.24, 2.45) is 5.10 Å². The van der Waals surface area contributed by atoms with E-state index in [1.165, 1.54) is 16.8 Å². The molecule has 1 aliphatic heterocycles. The Balaban J connectivity index is 1.71. The second kappa shape index (κ2) is 7.92. The molecule has 0 radical (unpaired) electrons. The summed E-state index contributed by atoms with van der Waals surface area (Å²) >= 11 is 5.27. The van der Waals surface area contributed by atoms with Crippen molar-refractivity contribution >= 4 is 40.5 Å². The predicted molar refractivity (Wildman–Crippen MR) is 121 cm³/mol. The van der Waals surface area contributed by atoms with Gasteiger partial charge in [0, 0.05) is 23.5 Å². The number of nitrogens with one attached hydrogen (secondary N) is 2. The number of rotatable bonds is 4. The first-order valence-corrected chi connectivity index (χ1v) is 9.58. The fourth-order valence-corrected chi connectivity index (χ4v) is 3.78. The number of fused-ring (bicyclic) bond motifs is 1. The first-order chi connectivity index (χ1) is 12.9. The molecule has 0 unspecified atom stereocenters. The van der Waals surface area contributed by atoms with Gasteiger partial charge in [-0.1, -0.05) is 30.3 Å². The van der Waals surface area contributed by atoms with E-state index in [4.69, 9.17) is 12.2 Å². The number of hydrazone groups is 1. The first kappa shape index (κ1) is 19.1. The van der Waals surface area contributed by atoms with Gasteiger partial charge >= 0.3 is 0 Å². The summed E-state index contributed by atoms with van der Waals surface area (Å²) in [6, 6.07) is 16.2. The van der Waals surface area contributed by atoms with E-state index in [1.807, 2.05) is 30.3 Å². The lowest BCUT2D eigenvalue weighted by Crippen LogP contribution is -2.44. The lowest BCUT2D eigenvalue weighted by molar-refractivity contribution is 0.566. The van der Waals surface area contributed by atoms with Crippen LogP contribution in [0.25, 0.3) is 5.57 Å². The molecular formula is C22H26N4S. The third-order valence-electron chi connectivity index (χ3n) is 4.73. The lowest BCUT2D eigenvalue weighted by atomic mass is 9.88. The van der Waals surface area contributed by atoms with Crippen LogP contribution in [0.3, 0.4) is 0 Å². The van der Waals surface area contributed by atoms with E-state index in [2.05, 4.69) is 72.7 Å². The molecule has 2 N–H and O–H groups in total. The minimum absolute atomic E-state index is 0.0261. The van der Waals surface area contributed by atoms with E-state index >= 15 is 0 Å². The van der Waals surface area contributed by atoms with Crippen molar-refractivity contribution < 1.29 is 0 Å². The molecule has 4 nitrogen and oxygen atoms in total. The Morgan fingerprint density at radius 1 is 1.19 bits per heavy atom. The summed E-state index contributed by atoms with van der Waals surface area (Å²) < 4.78 is 0. The van der Waals surface area contributed by atoms with Crippen molar-refractivity contribution in [1.82, 2.24) is 5.43 Å². The molecule has 2 aromatic carbocycles. The Bertz CT molecular complexity index is 884. The number of para-hydroxylation sites is 1. The van der Waals surface area contributed by atoms with Crippen LogP contribution < -0.4 is 15.6 Å². The van der Waals surface area contributed by atoms with E-state index < -0.39 is 0 Å². The second-order valence-corrected chi connectivity index (χ2v) is 7.60. The zero-order valence-electron chi connectivity index (χ0n) is 16.3. The molecule has 0 amide bonds. The van der Waals surface area contributed by atoms with Gasteiger partial charge in [-0.3, -0.25) is 5.43 Å². The van der Waals surface area contributed by atoms with Gasteiger partial charge in [0.25, 0.3) is 0 Å². The van der Waals surface area contributed by atoms with Crippen LogP contribution in [-0.4, -0.2) is 23.4 Å². The van der Waals surface area contributed by atoms with Crippen molar-refractivity contribution in [3.05, 3.63) is 65.7 Å². The molecule has 3 rings (SSSR count). The van der Waals surface area contributed by atoms with Crippen molar-refractivity contribution in [2.75, 3.05) is 16.8 Å². The van der Waals surface area contributed by atoms with Gasteiger partial charge in [-0.05, 0) is 75.3 Å². The van der Waals surface area contributed by atoms with E-state index in [0.717, 1.165) is 17.8 Å². The summed E-state index contributed by atoms with van der Waals surface area (Å²) in [5.41, 5.74) is 8.68. The Hall–Kier alpha value is -2.66. The van der Waals surface area contributed by atoms with E-state index in [1.54, 1.807) is 6.21 Å². The van der Waals surface area contributed by atoms with E-state index in [-0.39, 0.29) is 5.54 Å². The molecule has 5 heteroatoms. The Morgan fingerprint density at radius 3 is 2.63 bits per heavy atom. The fourth-order valence-electron chi connectivity index (χ4n) is 3.60. The number of thiocarbonyl (C=S) groups is 1. The van der Waals surface area contributed by atoms with Crippen molar-refractivity contribution in [1.29, 1.82) is 0 Å². The van der Waals surface area contributed by atoms with Crippen LogP contribution in [0.4, 0.5) is 11.4 Å². The average Bonchev–Trinajstić information content (AvgIpc) is 2.62. The molecule has 27 heavy (non-hydrogen) atoms. The third kappa shape index (κ3) is 4.37. The molecule has 1 aliphatic rings. The molecule has 0 aliphatic carbocycles. The van der Waals surface area contributed by atoms with Gasteiger partial charge in [-0.2, -0.15) is 5.10 Å². The Morgan fingerprint density at radius 2 is 1.93 bits per heavy atom. The van der Waals surface area contributed by atoms with Gasteiger partial charge in [0.1, 0.15) is 0 Å². The summed E-state index contributed by atoms with van der Waals surface area (Å²) in [7, 11) is 0. The lowest BCUT2D eigenvalue weighted by Gasteiger charge is -2.42. The largest absolute Gasteiger partial charge is 0.363 e. The number of anilines is 2. The predicted octanol–water partition coefficient (Wildman–Crippen LogP) is 5.03. The highest BCUT2D eigenvalue weighted by molar-refractivity contribution is 7.80. The molecule has 0 saturated carbocycles. The number of nitrogens with zero attached hydrogens (tertiary/aromatic N) is 2. The molecule has 0 aromatic heterocycles. The molecular weight excluding hydrogens is 352 g/mol. The fraction of sp³-hybridized carbons (Fsp3) is 0.273. The monoisotopic (exact) mass is 378 g/mol. The topological polar surface area (TPSA) is 39.7 Å². The zero-order chi connectivity index (χ0) is 19.4. The Kier molecular flexibility index (Phi) is 5.61. The third-order valence-corrected chi connectivity index (χ3v) is 4.92. The normalized spacial score (nSPS) is 15.3. The number of hydrogen-bond donors (Lipinski definition) is 2. The van der Waals surface area contributed by atoms with Crippen LogP contribution in [0, 0.1) is 0 Å². The van der Waals surface area contributed by atoms with Gasteiger partial charge in [-0.15, -0.1) is 0 Å². The molecule has 0 bridgehead atoms. The first-order valence-electron chi connectivity index (χ1n) is 9.17. The maximum Gasteiger partial charge on any atom is 0.191 e. The average molecular weight is 379 g/mol. The minimum atomic E-state index is 0.0261. The van der Waals surface area contributed by atoms with Crippen molar-refractivity contribution in [2.45, 2.75) is 33.2 Å². The highest BCUT2D eigenvalue weighted by atomic mass is 32.1. The second-order valence-electron chi connectivity index (χ2n) is 7.19. The SMILES string of the molecule is CCN1c2ccc(/C=N\NC(=S)Nc3ccccc3)cc2C(C)=CC1(C)C. The number of hydrogen-bond acceptors (Lipinski definition) is 3. The molecule has 0 spiro atoms. The molecule has 0 saturated heterocycles. The van der Waals surface area contributed by atoms with Gasteiger partial charge in [0.2, 0.25) is 0 Å². The van der Waals surface area contributed by atoms with Crippen LogP contribution in [0.1, 0.15) is 38.8 Å². The highest BCUT2D eigenvalue weighted by Gasteiger charge is 2.29. The van der Waals surface area contributed by atoms with Gasteiger partial charge in [0.05, 0.1) is 11.8 Å². The van der Waals surface area contributed by atoms with Crippen LogP contribution in [-0.2, 0) is 0 Å². The van der Waals surface area contributed by atoms with Crippen molar-refractivity contribution in [3.63, 3.8) is 0 Å². The summed E-state index contributed by atoms with van der Waals surface area (Å²) in [5.74, 6) is 0. The van der Waals surface area contributed by atoms with Gasteiger partial charge < -0.3 is 10.2 Å². The van der Waals surface area contributed by atoms with Crippen LogP contribution >= 0.6 is 12.2 Å². The minimum Gasteiger partial charge on any atom is -0.363 e. The standard InChI is InChI=1S/C22H26N4S/c1-5-26-20-12-11-17(13-19(20)16(2)14-22(26,3)4)15-23-25-21(27)24-18-9-7-6-8-10-18/h6-15H,5H2,1-4H3,(H2,24,25,27)/b23-15-. The molecule has 0 fully saturated rings. The maximum absolute atomic E-state index is 5.27. The smallest absolute Gasteiger partial charge is 0.191 e. The molecule has 0 atom stereocenters. The summed E-state index contributed by atoms with van der Waals surface area (Å²) in [4.78, 5) is 2.42. The van der Waals surface area contributed by atoms with Gasteiger partial charge in [-0.25, -0.2) is 0 Å². The summed E-state index contributed by atoms with van der Waals surface area (Å²) in [5, 5.41) is 7.83.